The van der Waals surface area contributed by atoms with Crippen LogP contribution < -0.4 is 5.32 Å². The molecule has 1 amide bonds. The molecule has 2 aromatic rings. The Kier molecular flexibility index (Phi) is 6.21. The highest BCUT2D eigenvalue weighted by Gasteiger charge is 2.16. The van der Waals surface area contributed by atoms with Crippen molar-refractivity contribution in [2.75, 3.05) is 5.75 Å². The zero-order valence-electron chi connectivity index (χ0n) is 14.2. The Morgan fingerprint density at radius 3 is 2.70 bits per heavy atom. The standard InChI is InChI=1S/C17H24N4OS/c1-5-13(4)18-15(22)11-23-17-20-19-16(21(17)6-2)14-10-8-7-9-12(14)3/h7-10,13H,5-6,11H2,1-4H3,(H,18,22). The molecule has 0 aliphatic rings. The summed E-state index contributed by atoms with van der Waals surface area (Å²) >= 11 is 1.43. The fourth-order valence-corrected chi connectivity index (χ4v) is 3.07. The molecule has 0 spiro atoms. The van der Waals surface area contributed by atoms with Crippen molar-refractivity contribution >= 4 is 17.7 Å². The molecule has 1 unspecified atom stereocenters. The van der Waals surface area contributed by atoms with Gasteiger partial charge in [0.05, 0.1) is 5.75 Å². The maximum atomic E-state index is 11.9. The Hall–Kier alpha value is -1.82. The molecular weight excluding hydrogens is 308 g/mol. The molecule has 124 valence electrons. The van der Waals surface area contributed by atoms with Gasteiger partial charge >= 0.3 is 0 Å². The molecule has 1 atom stereocenters. The Morgan fingerprint density at radius 1 is 1.30 bits per heavy atom. The molecular formula is C17H24N4OS. The Morgan fingerprint density at radius 2 is 2.04 bits per heavy atom. The molecule has 0 saturated carbocycles. The van der Waals surface area contributed by atoms with Gasteiger partial charge in [0, 0.05) is 18.2 Å². The van der Waals surface area contributed by atoms with E-state index in [1.807, 2.05) is 19.1 Å². The van der Waals surface area contributed by atoms with E-state index in [4.69, 9.17) is 0 Å². The lowest BCUT2D eigenvalue weighted by Gasteiger charge is -2.11. The van der Waals surface area contributed by atoms with Crippen LogP contribution in [0.2, 0.25) is 0 Å². The number of hydrogen-bond acceptors (Lipinski definition) is 4. The first-order valence-electron chi connectivity index (χ1n) is 7.98. The zero-order valence-corrected chi connectivity index (χ0v) is 15.0. The maximum absolute atomic E-state index is 11.9. The average Bonchev–Trinajstić information content (AvgIpc) is 2.95. The van der Waals surface area contributed by atoms with E-state index in [2.05, 4.69) is 53.0 Å². The van der Waals surface area contributed by atoms with Crippen LogP contribution in [0, 0.1) is 6.92 Å². The summed E-state index contributed by atoms with van der Waals surface area (Å²) in [5.74, 6) is 1.25. The van der Waals surface area contributed by atoms with Gasteiger partial charge in [-0.1, -0.05) is 43.0 Å². The summed E-state index contributed by atoms with van der Waals surface area (Å²) in [4.78, 5) is 11.9. The lowest BCUT2D eigenvalue weighted by atomic mass is 10.1. The van der Waals surface area contributed by atoms with Crippen LogP contribution in [0.1, 0.15) is 32.8 Å². The third kappa shape index (κ3) is 4.34. The summed E-state index contributed by atoms with van der Waals surface area (Å²) in [6, 6.07) is 8.34. The van der Waals surface area contributed by atoms with Crippen LogP contribution in [0.25, 0.3) is 11.4 Å². The highest BCUT2D eigenvalue weighted by atomic mass is 32.2. The molecule has 6 heteroatoms. The highest BCUT2D eigenvalue weighted by molar-refractivity contribution is 7.99. The second kappa shape index (κ2) is 8.15. The van der Waals surface area contributed by atoms with E-state index in [9.17, 15) is 4.79 Å². The van der Waals surface area contributed by atoms with E-state index < -0.39 is 0 Å². The molecule has 0 fully saturated rings. The largest absolute Gasteiger partial charge is 0.353 e. The number of thioether (sulfide) groups is 1. The van der Waals surface area contributed by atoms with Gasteiger partial charge in [0.2, 0.25) is 5.91 Å². The molecule has 0 radical (unpaired) electrons. The van der Waals surface area contributed by atoms with Crippen LogP contribution in [0.15, 0.2) is 29.4 Å². The number of aromatic nitrogens is 3. The predicted octanol–water partition coefficient (Wildman–Crippen LogP) is 3.28. The second-order valence-electron chi connectivity index (χ2n) is 5.53. The quantitative estimate of drug-likeness (QED) is 0.791. The zero-order chi connectivity index (χ0) is 16.8. The van der Waals surface area contributed by atoms with Crippen molar-refractivity contribution in [1.82, 2.24) is 20.1 Å². The maximum Gasteiger partial charge on any atom is 0.230 e. The molecule has 1 N–H and O–H groups in total. The van der Waals surface area contributed by atoms with Crippen LogP contribution in [0.4, 0.5) is 0 Å². The molecule has 0 bridgehead atoms. The number of nitrogens with one attached hydrogen (secondary N) is 1. The van der Waals surface area contributed by atoms with Crippen LogP contribution in [0.3, 0.4) is 0 Å². The van der Waals surface area contributed by atoms with E-state index >= 15 is 0 Å². The first-order valence-corrected chi connectivity index (χ1v) is 8.96. The minimum atomic E-state index is 0.0347. The molecule has 0 aliphatic heterocycles. The summed E-state index contributed by atoms with van der Waals surface area (Å²) in [6.07, 6.45) is 0.930. The minimum Gasteiger partial charge on any atom is -0.353 e. The summed E-state index contributed by atoms with van der Waals surface area (Å²) < 4.78 is 2.06. The normalized spacial score (nSPS) is 12.2. The van der Waals surface area contributed by atoms with Crippen molar-refractivity contribution in [3.63, 3.8) is 0 Å². The van der Waals surface area contributed by atoms with Gasteiger partial charge in [-0.3, -0.25) is 4.79 Å². The van der Waals surface area contributed by atoms with Crippen molar-refractivity contribution in [2.45, 2.75) is 51.9 Å². The van der Waals surface area contributed by atoms with Crippen LogP contribution >= 0.6 is 11.8 Å². The van der Waals surface area contributed by atoms with Crippen molar-refractivity contribution in [3.8, 4) is 11.4 Å². The number of benzene rings is 1. The Labute approximate surface area is 141 Å². The Bertz CT molecular complexity index is 668. The van der Waals surface area contributed by atoms with Crippen LogP contribution in [-0.4, -0.2) is 32.5 Å². The summed E-state index contributed by atoms with van der Waals surface area (Å²) in [5, 5.41) is 12.4. The van der Waals surface area contributed by atoms with E-state index in [0.29, 0.717) is 5.75 Å². The molecule has 0 aliphatic carbocycles. The third-order valence-corrected chi connectivity index (χ3v) is 4.74. The molecule has 1 aromatic heterocycles. The van der Waals surface area contributed by atoms with Crippen molar-refractivity contribution < 1.29 is 4.79 Å². The Balaban J connectivity index is 2.13. The second-order valence-corrected chi connectivity index (χ2v) is 6.47. The topological polar surface area (TPSA) is 59.8 Å². The van der Waals surface area contributed by atoms with E-state index in [1.54, 1.807) is 0 Å². The monoisotopic (exact) mass is 332 g/mol. The van der Waals surface area contributed by atoms with Gasteiger partial charge in [0.15, 0.2) is 11.0 Å². The van der Waals surface area contributed by atoms with Gasteiger partial charge in [-0.25, -0.2) is 0 Å². The van der Waals surface area contributed by atoms with Gasteiger partial charge in [-0.15, -0.1) is 10.2 Å². The number of carbonyl (C=O) groups excluding carboxylic acids is 1. The lowest BCUT2D eigenvalue weighted by molar-refractivity contribution is -0.119. The van der Waals surface area contributed by atoms with Gasteiger partial charge < -0.3 is 9.88 Å². The van der Waals surface area contributed by atoms with Crippen LogP contribution in [-0.2, 0) is 11.3 Å². The van der Waals surface area contributed by atoms with Gasteiger partial charge in [0.1, 0.15) is 0 Å². The van der Waals surface area contributed by atoms with Crippen molar-refractivity contribution in [1.29, 1.82) is 0 Å². The minimum absolute atomic E-state index is 0.0347. The number of nitrogens with zero attached hydrogens (tertiary/aromatic N) is 3. The fraction of sp³-hybridized carbons (Fsp3) is 0.471. The SMILES string of the molecule is CCC(C)NC(=O)CSc1nnc(-c2ccccc2C)n1CC. The molecule has 23 heavy (non-hydrogen) atoms. The first kappa shape index (κ1) is 17.5. The fourth-order valence-electron chi connectivity index (χ4n) is 2.25. The molecule has 0 saturated heterocycles. The predicted molar refractivity (Wildman–Crippen MR) is 94.5 cm³/mol. The summed E-state index contributed by atoms with van der Waals surface area (Å²) in [5.41, 5.74) is 2.25. The van der Waals surface area contributed by atoms with E-state index in [-0.39, 0.29) is 11.9 Å². The molecule has 1 aromatic carbocycles. The lowest BCUT2D eigenvalue weighted by Crippen LogP contribution is -2.33. The van der Waals surface area contributed by atoms with Gasteiger partial charge in [-0.2, -0.15) is 0 Å². The van der Waals surface area contributed by atoms with E-state index in [1.165, 1.54) is 17.3 Å². The van der Waals surface area contributed by atoms with Crippen LogP contribution in [0.5, 0.6) is 0 Å². The smallest absolute Gasteiger partial charge is 0.230 e. The van der Waals surface area contributed by atoms with Gasteiger partial charge in [-0.05, 0) is 32.8 Å². The molecule has 5 nitrogen and oxygen atoms in total. The van der Waals surface area contributed by atoms with Gasteiger partial charge in [0.25, 0.3) is 0 Å². The third-order valence-electron chi connectivity index (χ3n) is 3.77. The van der Waals surface area contributed by atoms with E-state index in [0.717, 1.165) is 29.5 Å². The number of amides is 1. The summed E-state index contributed by atoms with van der Waals surface area (Å²) in [7, 11) is 0. The van der Waals surface area contributed by atoms with Crippen molar-refractivity contribution in [2.24, 2.45) is 0 Å². The first-order chi connectivity index (χ1) is 11.1. The molecule has 2 rings (SSSR count). The molecule has 1 heterocycles. The number of rotatable bonds is 7. The summed E-state index contributed by atoms with van der Waals surface area (Å²) in [6.45, 7) is 8.96. The number of aryl methyl sites for hydroxylation is 1. The number of carbonyl (C=O) groups is 1. The number of hydrogen-bond donors (Lipinski definition) is 1. The average molecular weight is 332 g/mol. The van der Waals surface area contributed by atoms with Crippen molar-refractivity contribution in [3.05, 3.63) is 29.8 Å². The highest BCUT2D eigenvalue weighted by Crippen LogP contribution is 2.26.